The van der Waals surface area contributed by atoms with Gasteiger partial charge in [-0.05, 0) is 12.1 Å². The molecule has 0 radical (unpaired) electrons. The van der Waals surface area contributed by atoms with Crippen molar-refractivity contribution >= 4 is 5.91 Å². The molecule has 0 unspecified atom stereocenters. The Labute approximate surface area is 116 Å². The average molecular weight is 281 g/mol. The summed E-state index contributed by atoms with van der Waals surface area (Å²) in [6.45, 7) is 4.85. The smallest absolute Gasteiger partial charge is 0.254 e. The summed E-state index contributed by atoms with van der Waals surface area (Å²) in [4.78, 5) is 16.2. The van der Waals surface area contributed by atoms with E-state index in [0.29, 0.717) is 19.1 Å². The Morgan fingerprint density at radius 2 is 1.65 bits per heavy atom. The summed E-state index contributed by atoms with van der Waals surface area (Å²) in [6, 6.07) is 3.53. The predicted octanol–water partition coefficient (Wildman–Crippen LogP) is 0.694. The Hall–Kier alpha value is -1.53. The fourth-order valence-corrected chi connectivity index (χ4v) is 2.68. The Balaban J connectivity index is 1.63. The van der Waals surface area contributed by atoms with Crippen molar-refractivity contribution in [3.63, 3.8) is 0 Å². The highest BCUT2D eigenvalue weighted by Gasteiger charge is 2.29. The Morgan fingerprint density at radius 3 is 2.15 bits per heavy atom. The molecule has 0 aliphatic carbocycles. The maximum absolute atomic E-state index is 13.2. The lowest BCUT2D eigenvalue weighted by molar-refractivity contribution is 0.0501. The van der Waals surface area contributed by atoms with Crippen molar-refractivity contribution in [3.05, 3.63) is 35.4 Å². The van der Waals surface area contributed by atoms with Crippen molar-refractivity contribution < 1.29 is 13.6 Å². The molecule has 4 nitrogen and oxygen atoms in total. The molecule has 1 aromatic carbocycles. The highest BCUT2D eigenvalue weighted by atomic mass is 19.1. The molecule has 0 aromatic heterocycles. The zero-order chi connectivity index (χ0) is 14.1. The summed E-state index contributed by atoms with van der Waals surface area (Å²) in [5.74, 6) is -1.73. The molecule has 108 valence electrons. The first kappa shape index (κ1) is 13.5. The van der Waals surface area contributed by atoms with Crippen LogP contribution in [0.15, 0.2) is 18.2 Å². The standard InChI is InChI=1S/C14H17F2N3O/c15-11-5-10(6-12(16)7-11)14(20)19-3-1-18(2-4-19)13-8-17-9-13/h5-7,13,17H,1-4,8-9H2. The highest BCUT2D eigenvalue weighted by molar-refractivity contribution is 5.94. The Kier molecular flexibility index (Phi) is 3.67. The third-order valence-corrected chi connectivity index (χ3v) is 3.99. The van der Waals surface area contributed by atoms with Gasteiger partial charge in [0, 0.05) is 56.9 Å². The van der Waals surface area contributed by atoms with E-state index < -0.39 is 11.6 Å². The van der Waals surface area contributed by atoms with Gasteiger partial charge in [-0.25, -0.2) is 8.78 Å². The molecule has 0 bridgehead atoms. The van der Waals surface area contributed by atoms with Gasteiger partial charge in [-0.2, -0.15) is 0 Å². The van der Waals surface area contributed by atoms with E-state index in [0.717, 1.165) is 44.4 Å². The van der Waals surface area contributed by atoms with Gasteiger partial charge in [0.15, 0.2) is 0 Å². The molecule has 1 aromatic rings. The van der Waals surface area contributed by atoms with Gasteiger partial charge in [0.05, 0.1) is 0 Å². The molecule has 0 spiro atoms. The number of hydrogen-bond acceptors (Lipinski definition) is 3. The number of rotatable bonds is 2. The van der Waals surface area contributed by atoms with E-state index in [-0.39, 0.29) is 11.5 Å². The Bertz CT molecular complexity index is 491. The van der Waals surface area contributed by atoms with E-state index in [1.54, 1.807) is 4.90 Å². The van der Waals surface area contributed by atoms with E-state index in [1.165, 1.54) is 0 Å². The molecular formula is C14H17F2N3O. The Morgan fingerprint density at radius 1 is 1.05 bits per heavy atom. The van der Waals surface area contributed by atoms with Gasteiger partial charge >= 0.3 is 0 Å². The van der Waals surface area contributed by atoms with Crippen molar-refractivity contribution in [2.24, 2.45) is 0 Å². The number of carbonyl (C=O) groups is 1. The zero-order valence-electron chi connectivity index (χ0n) is 11.1. The summed E-state index contributed by atoms with van der Waals surface area (Å²) in [5.41, 5.74) is 0.0845. The summed E-state index contributed by atoms with van der Waals surface area (Å²) in [6.07, 6.45) is 0. The van der Waals surface area contributed by atoms with E-state index in [2.05, 4.69) is 10.2 Å². The molecule has 2 aliphatic heterocycles. The van der Waals surface area contributed by atoms with Gasteiger partial charge in [-0.3, -0.25) is 9.69 Å². The fraction of sp³-hybridized carbons (Fsp3) is 0.500. The van der Waals surface area contributed by atoms with Crippen LogP contribution in [0, 0.1) is 11.6 Å². The van der Waals surface area contributed by atoms with Gasteiger partial charge in [-0.1, -0.05) is 0 Å². The minimum absolute atomic E-state index is 0.0845. The lowest BCUT2D eigenvalue weighted by Crippen LogP contribution is -2.62. The van der Waals surface area contributed by atoms with Crippen LogP contribution in [0.1, 0.15) is 10.4 Å². The van der Waals surface area contributed by atoms with E-state index in [9.17, 15) is 13.6 Å². The number of nitrogens with zero attached hydrogens (tertiary/aromatic N) is 2. The number of benzene rings is 1. The van der Waals surface area contributed by atoms with Crippen molar-refractivity contribution in [3.8, 4) is 0 Å². The van der Waals surface area contributed by atoms with Crippen molar-refractivity contribution in [2.75, 3.05) is 39.3 Å². The first-order valence-electron chi connectivity index (χ1n) is 6.83. The van der Waals surface area contributed by atoms with E-state index in [4.69, 9.17) is 0 Å². The van der Waals surface area contributed by atoms with E-state index in [1.807, 2.05) is 0 Å². The van der Waals surface area contributed by atoms with Crippen LogP contribution in [0.4, 0.5) is 8.78 Å². The fourth-order valence-electron chi connectivity index (χ4n) is 2.68. The van der Waals surface area contributed by atoms with Crippen molar-refractivity contribution in [2.45, 2.75) is 6.04 Å². The second kappa shape index (κ2) is 5.46. The largest absolute Gasteiger partial charge is 0.336 e. The monoisotopic (exact) mass is 281 g/mol. The number of hydrogen-bond donors (Lipinski definition) is 1. The minimum Gasteiger partial charge on any atom is -0.336 e. The highest BCUT2D eigenvalue weighted by Crippen LogP contribution is 2.14. The number of piperazine rings is 1. The number of carbonyl (C=O) groups excluding carboxylic acids is 1. The summed E-state index contributed by atoms with van der Waals surface area (Å²) in [5, 5.41) is 3.23. The molecule has 1 N–H and O–H groups in total. The van der Waals surface area contributed by atoms with Gasteiger partial charge in [0.2, 0.25) is 0 Å². The third kappa shape index (κ3) is 2.66. The number of amides is 1. The molecule has 1 amide bonds. The first-order chi connectivity index (χ1) is 9.63. The van der Waals surface area contributed by atoms with Gasteiger partial charge in [-0.15, -0.1) is 0 Å². The topological polar surface area (TPSA) is 35.6 Å². The molecule has 0 saturated carbocycles. The van der Waals surface area contributed by atoms with Gasteiger partial charge in [0.25, 0.3) is 5.91 Å². The quantitative estimate of drug-likeness (QED) is 0.866. The lowest BCUT2D eigenvalue weighted by atomic mass is 10.1. The molecule has 2 fully saturated rings. The molecule has 0 atom stereocenters. The molecular weight excluding hydrogens is 264 g/mol. The SMILES string of the molecule is O=C(c1cc(F)cc(F)c1)N1CCN(C2CNC2)CC1. The summed E-state index contributed by atoms with van der Waals surface area (Å²) in [7, 11) is 0. The van der Waals surface area contributed by atoms with Gasteiger partial charge < -0.3 is 10.2 Å². The van der Waals surface area contributed by atoms with Crippen LogP contribution < -0.4 is 5.32 Å². The van der Waals surface area contributed by atoms with Crippen LogP contribution in [-0.4, -0.2) is 61.0 Å². The van der Waals surface area contributed by atoms with Crippen LogP contribution in [0.5, 0.6) is 0 Å². The number of nitrogens with one attached hydrogen (secondary N) is 1. The molecule has 3 rings (SSSR count). The molecule has 6 heteroatoms. The van der Waals surface area contributed by atoms with Crippen LogP contribution in [-0.2, 0) is 0 Å². The molecule has 2 aliphatic rings. The minimum atomic E-state index is -0.715. The average Bonchev–Trinajstić information content (AvgIpc) is 2.35. The van der Waals surface area contributed by atoms with Crippen LogP contribution in [0.25, 0.3) is 0 Å². The predicted molar refractivity (Wildman–Crippen MR) is 70.5 cm³/mol. The third-order valence-electron chi connectivity index (χ3n) is 3.99. The maximum Gasteiger partial charge on any atom is 0.254 e. The summed E-state index contributed by atoms with van der Waals surface area (Å²) >= 11 is 0. The second-order valence-corrected chi connectivity index (χ2v) is 5.30. The van der Waals surface area contributed by atoms with Crippen molar-refractivity contribution in [1.82, 2.24) is 15.1 Å². The maximum atomic E-state index is 13.2. The van der Waals surface area contributed by atoms with Crippen LogP contribution in [0.2, 0.25) is 0 Å². The zero-order valence-corrected chi connectivity index (χ0v) is 11.1. The van der Waals surface area contributed by atoms with Crippen molar-refractivity contribution in [1.29, 1.82) is 0 Å². The van der Waals surface area contributed by atoms with Crippen LogP contribution in [0.3, 0.4) is 0 Å². The molecule has 2 saturated heterocycles. The number of halogens is 2. The summed E-state index contributed by atoms with van der Waals surface area (Å²) < 4.78 is 26.3. The molecule has 20 heavy (non-hydrogen) atoms. The van der Waals surface area contributed by atoms with E-state index >= 15 is 0 Å². The van der Waals surface area contributed by atoms with Crippen LogP contribution >= 0.6 is 0 Å². The lowest BCUT2D eigenvalue weighted by Gasteiger charge is -2.43. The normalized spacial score (nSPS) is 20.8. The second-order valence-electron chi connectivity index (χ2n) is 5.30. The first-order valence-corrected chi connectivity index (χ1v) is 6.83. The molecule has 2 heterocycles. The van der Waals surface area contributed by atoms with Gasteiger partial charge in [0.1, 0.15) is 11.6 Å².